The molecule has 3 heteroatoms. The highest BCUT2D eigenvalue weighted by molar-refractivity contribution is 7.99. The maximum Gasteiger partial charge on any atom is 0.123 e. The lowest BCUT2D eigenvalue weighted by Crippen LogP contribution is -2.17. The first-order valence-corrected chi connectivity index (χ1v) is 7.27. The minimum atomic E-state index is -0.195. The van der Waals surface area contributed by atoms with E-state index in [1.807, 2.05) is 0 Å². The monoisotopic (exact) mass is 275 g/mol. The van der Waals surface area contributed by atoms with Crippen molar-refractivity contribution in [1.82, 2.24) is 5.32 Å². The Morgan fingerprint density at radius 1 is 1.00 bits per heavy atom. The second-order valence-corrected chi connectivity index (χ2v) is 5.55. The summed E-state index contributed by atoms with van der Waals surface area (Å²) in [5, 5.41) is 3.39. The van der Waals surface area contributed by atoms with Crippen LogP contribution in [0.5, 0.6) is 0 Å². The van der Waals surface area contributed by atoms with Crippen LogP contribution in [-0.4, -0.2) is 6.54 Å². The van der Waals surface area contributed by atoms with E-state index in [1.54, 1.807) is 23.9 Å². The van der Waals surface area contributed by atoms with Gasteiger partial charge in [-0.3, -0.25) is 0 Å². The summed E-state index contributed by atoms with van der Waals surface area (Å²) < 4.78 is 12.8. The van der Waals surface area contributed by atoms with Crippen molar-refractivity contribution in [3.8, 4) is 0 Å². The maximum atomic E-state index is 12.8. The lowest BCUT2D eigenvalue weighted by Gasteiger charge is -2.13. The smallest absolute Gasteiger partial charge is 0.123 e. The Morgan fingerprint density at radius 2 is 1.53 bits per heavy atom. The van der Waals surface area contributed by atoms with Crippen molar-refractivity contribution < 1.29 is 4.39 Å². The molecular weight excluding hydrogens is 257 g/mol. The van der Waals surface area contributed by atoms with Gasteiger partial charge in [0.1, 0.15) is 5.82 Å². The van der Waals surface area contributed by atoms with Gasteiger partial charge in [-0.05, 0) is 55.4 Å². The molecule has 1 atom stereocenters. The Balaban J connectivity index is 2.04. The summed E-state index contributed by atoms with van der Waals surface area (Å²) in [7, 11) is 0. The molecule has 0 radical (unpaired) electrons. The van der Waals surface area contributed by atoms with E-state index in [0.29, 0.717) is 6.04 Å². The quantitative estimate of drug-likeness (QED) is 0.852. The Bertz CT molecular complexity index is 507. The molecule has 1 nitrogen and oxygen atoms in total. The third-order valence-corrected chi connectivity index (χ3v) is 3.96. The molecule has 0 heterocycles. The third kappa shape index (κ3) is 4.08. The maximum absolute atomic E-state index is 12.8. The SMILES string of the molecule is CCNC(C)c1ccc(Sc2ccc(F)cc2)cc1. The van der Waals surface area contributed by atoms with Crippen LogP contribution in [0.4, 0.5) is 4.39 Å². The van der Waals surface area contributed by atoms with Crippen LogP contribution in [0.3, 0.4) is 0 Å². The zero-order valence-electron chi connectivity index (χ0n) is 11.2. The number of rotatable bonds is 5. The van der Waals surface area contributed by atoms with E-state index in [-0.39, 0.29) is 5.82 Å². The van der Waals surface area contributed by atoms with Crippen molar-refractivity contribution in [2.24, 2.45) is 0 Å². The normalized spacial score (nSPS) is 12.4. The first kappa shape index (κ1) is 14.1. The fourth-order valence-electron chi connectivity index (χ4n) is 1.89. The van der Waals surface area contributed by atoms with Crippen LogP contribution in [0, 0.1) is 5.82 Å². The van der Waals surface area contributed by atoms with Gasteiger partial charge in [0.25, 0.3) is 0 Å². The van der Waals surface area contributed by atoms with Crippen LogP contribution >= 0.6 is 11.8 Å². The number of nitrogens with one attached hydrogen (secondary N) is 1. The predicted octanol–water partition coefficient (Wildman–Crippen LogP) is 4.65. The van der Waals surface area contributed by atoms with Crippen LogP contribution < -0.4 is 5.32 Å². The Hall–Kier alpha value is -1.32. The molecule has 19 heavy (non-hydrogen) atoms. The number of hydrogen-bond donors (Lipinski definition) is 1. The fraction of sp³-hybridized carbons (Fsp3) is 0.250. The van der Waals surface area contributed by atoms with Gasteiger partial charge < -0.3 is 5.32 Å². The predicted molar refractivity (Wildman–Crippen MR) is 79.1 cm³/mol. The molecule has 0 amide bonds. The molecule has 100 valence electrons. The van der Waals surface area contributed by atoms with E-state index in [9.17, 15) is 4.39 Å². The van der Waals surface area contributed by atoms with Gasteiger partial charge in [0.15, 0.2) is 0 Å². The standard InChI is InChI=1S/C16H18FNS/c1-3-18-12(2)13-4-8-15(9-5-13)19-16-10-6-14(17)7-11-16/h4-12,18H,3H2,1-2H3. The first-order chi connectivity index (χ1) is 9.19. The van der Waals surface area contributed by atoms with Crippen LogP contribution in [0.15, 0.2) is 58.3 Å². The number of halogens is 1. The molecule has 1 unspecified atom stereocenters. The molecule has 0 aliphatic rings. The summed E-state index contributed by atoms with van der Waals surface area (Å²) in [6.07, 6.45) is 0. The van der Waals surface area contributed by atoms with Crippen molar-refractivity contribution in [2.45, 2.75) is 29.7 Å². The van der Waals surface area contributed by atoms with Gasteiger partial charge >= 0.3 is 0 Å². The molecule has 0 spiro atoms. The molecule has 0 fully saturated rings. The molecule has 0 aliphatic carbocycles. The average Bonchev–Trinajstić information content (AvgIpc) is 2.42. The minimum absolute atomic E-state index is 0.195. The lowest BCUT2D eigenvalue weighted by atomic mass is 10.1. The molecule has 2 aromatic rings. The zero-order valence-corrected chi connectivity index (χ0v) is 12.0. The summed E-state index contributed by atoms with van der Waals surface area (Å²) >= 11 is 1.64. The van der Waals surface area contributed by atoms with Gasteiger partial charge in [0.05, 0.1) is 0 Å². The van der Waals surface area contributed by atoms with Crippen LogP contribution in [0.25, 0.3) is 0 Å². The van der Waals surface area contributed by atoms with Crippen LogP contribution in [0.2, 0.25) is 0 Å². The van der Waals surface area contributed by atoms with E-state index in [2.05, 4.69) is 43.4 Å². The fourth-order valence-corrected chi connectivity index (χ4v) is 2.70. The highest BCUT2D eigenvalue weighted by atomic mass is 32.2. The second-order valence-electron chi connectivity index (χ2n) is 4.40. The molecule has 0 saturated carbocycles. The van der Waals surface area contributed by atoms with Gasteiger partial charge in [-0.15, -0.1) is 0 Å². The molecule has 2 aromatic carbocycles. The highest BCUT2D eigenvalue weighted by Crippen LogP contribution is 2.28. The molecule has 0 bridgehead atoms. The van der Waals surface area contributed by atoms with Crippen molar-refractivity contribution in [1.29, 1.82) is 0 Å². The molecule has 1 N–H and O–H groups in total. The van der Waals surface area contributed by atoms with E-state index in [1.165, 1.54) is 22.6 Å². The molecule has 0 saturated heterocycles. The zero-order chi connectivity index (χ0) is 13.7. The lowest BCUT2D eigenvalue weighted by molar-refractivity contribution is 0.598. The Morgan fingerprint density at radius 3 is 2.05 bits per heavy atom. The van der Waals surface area contributed by atoms with Crippen molar-refractivity contribution in [3.05, 3.63) is 59.9 Å². The third-order valence-electron chi connectivity index (χ3n) is 2.94. The van der Waals surface area contributed by atoms with Crippen molar-refractivity contribution in [3.63, 3.8) is 0 Å². The van der Waals surface area contributed by atoms with Gasteiger partial charge in [-0.1, -0.05) is 30.8 Å². The largest absolute Gasteiger partial charge is 0.310 e. The number of benzene rings is 2. The van der Waals surface area contributed by atoms with Gasteiger partial charge in [-0.25, -0.2) is 4.39 Å². The molecule has 2 rings (SSSR count). The van der Waals surface area contributed by atoms with E-state index >= 15 is 0 Å². The van der Waals surface area contributed by atoms with Crippen molar-refractivity contribution >= 4 is 11.8 Å². The van der Waals surface area contributed by atoms with Crippen molar-refractivity contribution in [2.75, 3.05) is 6.54 Å². The summed E-state index contributed by atoms with van der Waals surface area (Å²) in [5.74, 6) is -0.195. The van der Waals surface area contributed by atoms with Gasteiger partial charge in [0.2, 0.25) is 0 Å². The minimum Gasteiger partial charge on any atom is -0.310 e. The summed E-state index contributed by atoms with van der Waals surface area (Å²) in [6.45, 7) is 5.23. The summed E-state index contributed by atoms with van der Waals surface area (Å²) in [6, 6.07) is 15.4. The Labute approximate surface area is 118 Å². The summed E-state index contributed by atoms with van der Waals surface area (Å²) in [5.41, 5.74) is 1.28. The average molecular weight is 275 g/mol. The first-order valence-electron chi connectivity index (χ1n) is 6.46. The van der Waals surface area contributed by atoms with Crippen LogP contribution in [0.1, 0.15) is 25.5 Å². The molecule has 0 aromatic heterocycles. The van der Waals surface area contributed by atoms with E-state index in [0.717, 1.165) is 11.4 Å². The summed E-state index contributed by atoms with van der Waals surface area (Å²) in [4.78, 5) is 2.22. The second kappa shape index (κ2) is 6.73. The van der Waals surface area contributed by atoms with Gasteiger partial charge in [0, 0.05) is 15.8 Å². The molecular formula is C16H18FNS. The molecule has 0 aliphatic heterocycles. The van der Waals surface area contributed by atoms with E-state index in [4.69, 9.17) is 0 Å². The van der Waals surface area contributed by atoms with Gasteiger partial charge in [-0.2, -0.15) is 0 Å². The van der Waals surface area contributed by atoms with Crippen LogP contribution in [-0.2, 0) is 0 Å². The number of hydrogen-bond acceptors (Lipinski definition) is 2. The van der Waals surface area contributed by atoms with E-state index < -0.39 is 0 Å². The highest BCUT2D eigenvalue weighted by Gasteiger charge is 2.04. The topological polar surface area (TPSA) is 12.0 Å². The Kier molecular flexibility index (Phi) is 5.00.